The first-order valence-electron chi connectivity index (χ1n) is 5.13. The van der Waals surface area contributed by atoms with E-state index in [9.17, 15) is 4.79 Å². The summed E-state index contributed by atoms with van der Waals surface area (Å²) in [6.07, 6.45) is 3.07. The molecule has 9 heteroatoms. The number of hydrogen-bond donors (Lipinski definition) is 2. The molecule has 1 amide bonds. The van der Waals surface area contributed by atoms with Crippen molar-refractivity contribution in [1.82, 2.24) is 34.7 Å². The van der Waals surface area contributed by atoms with Crippen LogP contribution in [0.1, 0.15) is 42.1 Å². The van der Waals surface area contributed by atoms with E-state index in [0.29, 0.717) is 11.5 Å². The normalized spacial score (nSPS) is 12.3. The van der Waals surface area contributed by atoms with E-state index in [0.717, 1.165) is 24.6 Å². The Balaban J connectivity index is 2.06. The van der Waals surface area contributed by atoms with Crippen LogP contribution in [0.5, 0.6) is 0 Å². The van der Waals surface area contributed by atoms with Crippen molar-refractivity contribution in [2.45, 2.75) is 25.8 Å². The first-order valence-corrected chi connectivity index (χ1v) is 5.86. The first kappa shape index (κ1) is 11.6. The van der Waals surface area contributed by atoms with E-state index >= 15 is 0 Å². The summed E-state index contributed by atoms with van der Waals surface area (Å²) in [5, 5.41) is 16.4. The second kappa shape index (κ2) is 5.43. The number of H-pyrrole nitrogens is 1. The summed E-state index contributed by atoms with van der Waals surface area (Å²) in [6.45, 7) is 2.02. The van der Waals surface area contributed by atoms with Crippen LogP contribution in [-0.4, -0.2) is 35.3 Å². The van der Waals surface area contributed by atoms with Gasteiger partial charge in [0, 0.05) is 0 Å². The molecule has 17 heavy (non-hydrogen) atoms. The SMILES string of the molecule is CCC[C@H](NC(=O)c1cnsn1)c1nn[nH]n1. The fourth-order valence-electron chi connectivity index (χ4n) is 1.37. The Hall–Kier alpha value is -1.90. The van der Waals surface area contributed by atoms with Gasteiger partial charge in [0.1, 0.15) is 0 Å². The second-order valence-electron chi connectivity index (χ2n) is 3.38. The lowest BCUT2D eigenvalue weighted by atomic mass is 10.1. The number of amides is 1. The highest BCUT2D eigenvalue weighted by molar-refractivity contribution is 6.99. The van der Waals surface area contributed by atoms with E-state index in [-0.39, 0.29) is 11.9 Å². The highest BCUT2D eigenvalue weighted by Crippen LogP contribution is 2.13. The van der Waals surface area contributed by atoms with Gasteiger partial charge in [-0.1, -0.05) is 18.6 Å². The van der Waals surface area contributed by atoms with Gasteiger partial charge >= 0.3 is 0 Å². The molecule has 0 aliphatic heterocycles. The molecule has 2 aromatic rings. The van der Waals surface area contributed by atoms with Gasteiger partial charge < -0.3 is 5.32 Å². The Bertz CT molecular complexity index is 454. The number of aromatic amines is 1. The quantitative estimate of drug-likeness (QED) is 0.794. The molecule has 0 spiro atoms. The molecule has 0 unspecified atom stereocenters. The number of nitrogens with one attached hydrogen (secondary N) is 2. The Kier molecular flexibility index (Phi) is 3.70. The molecule has 0 aromatic carbocycles. The van der Waals surface area contributed by atoms with E-state index in [1.54, 1.807) is 0 Å². The summed E-state index contributed by atoms with van der Waals surface area (Å²) < 4.78 is 7.64. The molecule has 2 aromatic heterocycles. The van der Waals surface area contributed by atoms with Crippen LogP contribution in [0, 0.1) is 0 Å². The molecule has 1 atom stereocenters. The highest BCUT2D eigenvalue weighted by Gasteiger charge is 2.19. The third kappa shape index (κ3) is 2.81. The molecule has 0 aliphatic carbocycles. The molecule has 0 aliphatic rings. The monoisotopic (exact) mass is 253 g/mol. The predicted molar refractivity (Wildman–Crippen MR) is 59.2 cm³/mol. The minimum absolute atomic E-state index is 0.257. The fourth-order valence-corrected chi connectivity index (χ4v) is 1.78. The summed E-state index contributed by atoms with van der Waals surface area (Å²) in [4.78, 5) is 11.8. The lowest BCUT2D eigenvalue weighted by Crippen LogP contribution is -2.29. The van der Waals surface area contributed by atoms with Crippen molar-refractivity contribution >= 4 is 17.6 Å². The van der Waals surface area contributed by atoms with Crippen molar-refractivity contribution in [1.29, 1.82) is 0 Å². The van der Waals surface area contributed by atoms with E-state index in [1.807, 2.05) is 6.92 Å². The van der Waals surface area contributed by atoms with Gasteiger partial charge in [0.25, 0.3) is 5.91 Å². The van der Waals surface area contributed by atoms with E-state index in [2.05, 4.69) is 34.7 Å². The van der Waals surface area contributed by atoms with Crippen LogP contribution in [0.15, 0.2) is 6.20 Å². The molecule has 0 saturated carbocycles. The van der Waals surface area contributed by atoms with E-state index in [1.165, 1.54) is 6.20 Å². The van der Waals surface area contributed by atoms with Crippen molar-refractivity contribution in [2.24, 2.45) is 0 Å². The number of tetrazole rings is 1. The zero-order valence-electron chi connectivity index (χ0n) is 9.12. The van der Waals surface area contributed by atoms with Crippen molar-refractivity contribution in [3.63, 3.8) is 0 Å². The second-order valence-corrected chi connectivity index (χ2v) is 3.93. The van der Waals surface area contributed by atoms with Gasteiger partial charge in [-0.2, -0.15) is 14.0 Å². The molecule has 8 nitrogen and oxygen atoms in total. The number of nitrogens with zero attached hydrogens (tertiary/aromatic N) is 5. The largest absolute Gasteiger partial charge is 0.340 e. The minimum Gasteiger partial charge on any atom is -0.340 e. The van der Waals surface area contributed by atoms with Gasteiger partial charge in [-0.15, -0.1) is 10.2 Å². The van der Waals surface area contributed by atoms with Crippen LogP contribution in [0.2, 0.25) is 0 Å². The maximum Gasteiger partial charge on any atom is 0.273 e. The van der Waals surface area contributed by atoms with Crippen molar-refractivity contribution in [3.05, 3.63) is 17.7 Å². The van der Waals surface area contributed by atoms with Gasteiger partial charge in [-0.25, -0.2) is 0 Å². The van der Waals surface area contributed by atoms with Crippen molar-refractivity contribution < 1.29 is 4.79 Å². The summed E-state index contributed by atoms with van der Waals surface area (Å²) in [6, 6.07) is -0.257. The maximum atomic E-state index is 11.8. The zero-order chi connectivity index (χ0) is 12.1. The number of hydrogen-bond acceptors (Lipinski definition) is 7. The summed E-state index contributed by atoms with van der Waals surface area (Å²) in [5.41, 5.74) is 0.305. The topological polar surface area (TPSA) is 109 Å². The average Bonchev–Trinajstić information content (AvgIpc) is 3.01. The third-order valence-corrected chi connectivity index (χ3v) is 2.63. The van der Waals surface area contributed by atoms with Crippen LogP contribution in [0.3, 0.4) is 0 Å². The van der Waals surface area contributed by atoms with Crippen molar-refractivity contribution in [2.75, 3.05) is 0 Å². The molecule has 90 valence electrons. The van der Waals surface area contributed by atoms with Crippen molar-refractivity contribution in [3.8, 4) is 0 Å². The predicted octanol–water partition coefficient (Wildman–Crippen LogP) is 0.322. The molecular formula is C8H11N7OS. The molecule has 0 radical (unpaired) electrons. The molecule has 2 rings (SSSR count). The van der Waals surface area contributed by atoms with Crippen LogP contribution in [-0.2, 0) is 0 Å². The molecule has 0 saturated heterocycles. The smallest absolute Gasteiger partial charge is 0.273 e. The van der Waals surface area contributed by atoms with E-state index in [4.69, 9.17) is 0 Å². The molecule has 0 bridgehead atoms. The summed E-state index contributed by atoms with van der Waals surface area (Å²) in [5.74, 6) is 0.199. The van der Waals surface area contributed by atoms with Gasteiger partial charge in [-0.3, -0.25) is 4.79 Å². The van der Waals surface area contributed by atoms with Gasteiger partial charge in [0.05, 0.1) is 24.0 Å². The lowest BCUT2D eigenvalue weighted by molar-refractivity contribution is 0.0928. The van der Waals surface area contributed by atoms with Gasteiger partial charge in [-0.05, 0) is 6.42 Å². The average molecular weight is 253 g/mol. The summed E-state index contributed by atoms with van der Waals surface area (Å²) in [7, 11) is 0. The van der Waals surface area contributed by atoms with E-state index < -0.39 is 0 Å². The van der Waals surface area contributed by atoms with Crippen LogP contribution < -0.4 is 5.32 Å². The number of carbonyl (C=O) groups is 1. The molecule has 2 N–H and O–H groups in total. The number of carbonyl (C=O) groups excluding carboxylic acids is 1. The first-order chi connectivity index (χ1) is 8.31. The Morgan fingerprint density at radius 2 is 2.53 bits per heavy atom. The van der Waals surface area contributed by atoms with Gasteiger partial charge in [0.15, 0.2) is 11.5 Å². The van der Waals surface area contributed by atoms with Crippen LogP contribution in [0.4, 0.5) is 0 Å². The summed E-state index contributed by atoms with van der Waals surface area (Å²) >= 11 is 0.995. The lowest BCUT2D eigenvalue weighted by Gasteiger charge is -2.12. The molecule has 2 heterocycles. The Morgan fingerprint density at radius 3 is 3.12 bits per heavy atom. The van der Waals surface area contributed by atoms with Crippen LogP contribution >= 0.6 is 11.7 Å². The minimum atomic E-state index is -0.276. The standard InChI is InChI=1S/C8H11N7OS/c1-2-3-5(7-11-14-15-12-7)10-8(16)6-4-9-17-13-6/h4-5H,2-3H2,1H3,(H,10,16)(H,11,12,14,15)/t5-/m0/s1. The molecule has 0 fully saturated rings. The fraction of sp³-hybridized carbons (Fsp3) is 0.500. The number of rotatable bonds is 5. The highest BCUT2D eigenvalue weighted by atomic mass is 32.1. The number of aromatic nitrogens is 6. The zero-order valence-corrected chi connectivity index (χ0v) is 9.94. The Labute approximate surface area is 101 Å². The van der Waals surface area contributed by atoms with Gasteiger partial charge in [0.2, 0.25) is 0 Å². The maximum absolute atomic E-state index is 11.8. The third-order valence-electron chi connectivity index (χ3n) is 2.15. The van der Waals surface area contributed by atoms with Crippen LogP contribution in [0.25, 0.3) is 0 Å². The Morgan fingerprint density at radius 1 is 1.65 bits per heavy atom. The molecular weight excluding hydrogens is 242 g/mol.